The maximum absolute atomic E-state index is 11.5. The molecule has 6 rings (SSSR count). The molecular formula is C28H31Cl2N8O7+. The van der Waals surface area contributed by atoms with Crippen molar-refractivity contribution < 1.29 is 24.2 Å². The van der Waals surface area contributed by atoms with Gasteiger partial charge in [-0.3, -0.25) is 25.0 Å². The van der Waals surface area contributed by atoms with E-state index in [4.69, 9.17) is 27.9 Å². The number of ether oxygens (including phenoxy) is 1. The van der Waals surface area contributed by atoms with Gasteiger partial charge in [-0.1, -0.05) is 35.3 Å². The predicted molar refractivity (Wildman–Crippen MR) is 162 cm³/mol. The third-order valence-corrected chi connectivity index (χ3v) is 7.61. The number of halogens is 2. The highest BCUT2D eigenvalue weighted by atomic mass is 35.5. The topological polar surface area (TPSA) is 177 Å². The monoisotopic (exact) mass is 661 g/mol. The Hall–Kier alpha value is -4.47. The van der Waals surface area contributed by atoms with E-state index < -0.39 is 4.92 Å². The predicted octanol–water partition coefficient (Wildman–Crippen LogP) is 3.01. The van der Waals surface area contributed by atoms with E-state index in [2.05, 4.69) is 20.2 Å². The molecule has 4 aliphatic heterocycles. The highest BCUT2D eigenvalue weighted by Gasteiger charge is 2.50. The van der Waals surface area contributed by atoms with Gasteiger partial charge in [0.05, 0.1) is 9.85 Å². The zero-order chi connectivity index (χ0) is 32.3. The third-order valence-electron chi connectivity index (χ3n) is 7.17. The van der Waals surface area contributed by atoms with E-state index in [0.29, 0.717) is 48.3 Å². The summed E-state index contributed by atoms with van der Waals surface area (Å²) in [6.07, 6.45) is 8.32. The zero-order valence-electron chi connectivity index (χ0n) is 24.0. The molecule has 238 valence electrons. The molecule has 3 fully saturated rings. The van der Waals surface area contributed by atoms with Crippen LogP contribution >= 0.6 is 23.2 Å². The number of fused-ring (bicyclic) bond motifs is 4. The molecule has 15 nitrogen and oxygen atoms in total. The number of rotatable bonds is 9. The van der Waals surface area contributed by atoms with Gasteiger partial charge in [0.15, 0.2) is 36.9 Å². The Kier molecular flexibility index (Phi) is 11.9. The Labute approximate surface area is 268 Å². The summed E-state index contributed by atoms with van der Waals surface area (Å²) in [6.45, 7) is 4.12. The molecule has 3 saturated heterocycles. The first-order valence-corrected chi connectivity index (χ1v) is 14.8. The van der Waals surface area contributed by atoms with Crippen LogP contribution < -0.4 is 5.32 Å². The van der Waals surface area contributed by atoms with Crippen LogP contribution in [0.4, 0.5) is 0 Å². The van der Waals surface area contributed by atoms with Gasteiger partial charge in [0.2, 0.25) is 0 Å². The van der Waals surface area contributed by atoms with Crippen molar-refractivity contribution in [3.8, 4) is 0 Å². The molecular weight excluding hydrogens is 631 g/mol. The molecule has 0 aliphatic carbocycles. The fourth-order valence-electron chi connectivity index (χ4n) is 5.25. The first kappa shape index (κ1) is 33.4. The van der Waals surface area contributed by atoms with Crippen LogP contribution in [0.15, 0.2) is 60.2 Å². The lowest BCUT2D eigenvalue weighted by Crippen LogP contribution is -2.41. The molecule has 17 heteroatoms. The van der Waals surface area contributed by atoms with Crippen LogP contribution in [0.5, 0.6) is 0 Å². The van der Waals surface area contributed by atoms with Crippen LogP contribution in [0, 0.1) is 26.6 Å². The minimum absolute atomic E-state index is 0.0166. The van der Waals surface area contributed by atoms with E-state index in [-0.39, 0.29) is 29.4 Å². The molecule has 0 spiro atoms. The lowest BCUT2D eigenvalue weighted by Gasteiger charge is -2.32. The standard InChI is InChI=1S/C14H15ClN4O3.C10H11ClN4O2.C4H5O2/c15-11-3-1-9(7-16-11)8-17-5-6-18-12-4-2-10(22-12)13(14(17)18)19(20)21;11-9-2-1-8(5-13-9)6-14-4-3-12-10(14)7-15(16)17;5-3-1-2-4-6/h1,3,7,10,12H,2,4-6,8H2;1-2,5,7,12H,3-4,6H2;1,3-4H,2H2/q;;+1/b;10-7+;. The molecule has 2 aromatic heterocycles. The normalized spacial score (nSPS) is 20.4. The summed E-state index contributed by atoms with van der Waals surface area (Å²) in [5.41, 5.74) is 2.15. The number of nitro groups is 2. The van der Waals surface area contributed by atoms with E-state index in [0.717, 1.165) is 55.6 Å². The maximum atomic E-state index is 11.5. The maximum Gasteiger partial charge on any atom is 0.314 e. The van der Waals surface area contributed by atoms with Gasteiger partial charge in [0.25, 0.3) is 12.5 Å². The second-order valence-electron chi connectivity index (χ2n) is 10.1. The Morgan fingerprint density at radius 2 is 1.64 bits per heavy atom. The second kappa shape index (κ2) is 16.0. The molecule has 0 saturated carbocycles. The summed E-state index contributed by atoms with van der Waals surface area (Å²) in [5, 5.41) is 25.8. The van der Waals surface area contributed by atoms with Gasteiger partial charge in [-0.15, -0.1) is 0 Å². The van der Waals surface area contributed by atoms with Gasteiger partial charge in [0.1, 0.15) is 16.5 Å². The number of hydrogen-bond donors (Lipinski definition) is 1. The first-order valence-electron chi connectivity index (χ1n) is 14.0. The van der Waals surface area contributed by atoms with Crippen molar-refractivity contribution in [3.05, 3.63) is 108 Å². The van der Waals surface area contributed by atoms with Crippen molar-refractivity contribution in [2.75, 3.05) is 26.2 Å². The summed E-state index contributed by atoms with van der Waals surface area (Å²) in [4.78, 5) is 53.9. The van der Waals surface area contributed by atoms with Crippen LogP contribution in [0.2, 0.25) is 10.3 Å². The number of nitrogens with zero attached hydrogens (tertiary/aromatic N) is 7. The number of nitrogens with one attached hydrogen (secondary N) is 1. The number of carbonyl (C=O) groups excluding carboxylic acids is 2. The minimum Gasteiger partial charge on any atom is -0.365 e. The third kappa shape index (κ3) is 9.03. The summed E-state index contributed by atoms with van der Waals surface area (Å²) < 4.78 is 5.77. The largest absolute Gasteiger partial charge is 0.365 e. The van der Waals surface area contributed by atoms with E-state index in [1.165, 1.54) is 6.42 Å². The van der Waals surface area contributed by atoms with E-state index >= 15 is 0 Å². The molecule has 2 bridgehead atoms. The summed E-state index contributed by atoms with van der Waals surface area (Å²) >= 11 is 11.5. The first-order chi connectivity index (χ1) is 21.7. The summed E-state index contributed by atoms with van der Waals surface area (Å²) in [5.74, 6) is 1.25. The molecule has 0 amide bonds. The van der Waals surface area contributed by atoms with Crippen LogP contribution in [0.1, 0.15) is 30.4 Å². The Bertz CT molecular complexity index is 1420. The van der Waals surface area contributed by atoms with E-state index in [1.807, 2.05) is 21.9 Å². The lowest BCUT2D eigenvalue weighted by molar-refractivity contribution is -0.443. The number of hydrogen-bond acceptors (Lipinski definition) is 13. The van der Waals surface area contributed by atoms with Gasteiger partial charge in [-0.25, -0.2) is 14.8 Å². The molecule has 1 N–H and O–H groups in total. The average Bonchev–Trinajstić information content (AvgIpc) is 3.75. The van der Waals surface area contributed by atoms with Crippen LogP contribution in [-0.2, 0) is 27.4 Å². The van der Waals surface area contributed by atoms with E-state index in [1.54, 1.807) is 24.5 Å². The van der Waals surface area contributed by atoms with Gasteiger partial charge in [-0.2, -0.15) is 0 Å². The second-order valence-corrected chi connectivity index (χ2v) is 10.9. The number of aromatic nitrogens is 2. The quantitative estimate of drug-likeness (QED) is 0.104. The van der Waals surface area contributed by atoms with Crippen molar-refractivity contribution in [2.24, 2.45) is 0 Å². The molecule has 0 radical (unpaired) electrons. The fourth-order valence-corrected chi connectivity index (χ4v) is 5.48. The molecule has 45 heavy (non-hydrogen) atoms. The average molecular weight is 663 g/mol. The molecule has 0 aromatic carbocycles. The number of unbranched alkanes of at least 4 members (excludes halogenated alkanes) is 1. The molecule has 6 heterocycles. The van der Waals surface area contributed by atoms with Crippen molar-refractivity contribution in [3.63, 3.8) is 0 Å². The van der Waals surface area contributed by atoms with Crippen molar-refractivity contribution in [2.45, 2.75) is 44.7 Å². The number of carbonyl (C=O) groups is 2. The molecule has 2 aromatic rings. The summed E-state index contributed by atoms with van der Waals surface area (Å²) in [7, 11) is 0. The Morgan fingerprint density at radius 1 is 0.978 bits per heavy atom. The van der Waals surface area contributed by atoms with Crippen molar-refractivity contribution in [1.29, 1.82) is 0 Å². The van der Waals surface area contributed by atoms with Gasteiger partial charge < -0.3 is 24.8 Å². The van der Waals surface area contributed by atoms with Gasteiger partial charge in [0, 0.05) is 51.7 Å². The van der Waals surface area contributed by atoms with E-state index in [9.17, 15) is 29.8 Å². The highest BCUT2D eigenvalue weighted by molar-refractivity contribution is 6.29. The Morgan fingerprint density at radius 3 is 2.18 bits per heavy atom. The molecule has 4 aliphatic rings. The SMILES string of the molecule is O=C[CH+]CC=O.O=[N+]([O-])/C=C1\NCCN1Cc1ccc(Cl)nc1.O=[N+]([O-])C1=C2N(Cc3ccc(Cl)nc3)CCN2C2CCC1O2. The van der Waals surface area contributed by atoms with Gasteiger partial charge >= 0.3 is 5.70 Å². The highest BCUT2D eigenvalue weighted by Crippen LogP contribution is 2.41. The van der Waals surface area contributed by atoms with Crippen LogP contribution in [0.25, 0.3) is 0 Å². The van der Waals surface area contributed by atoms with Crippen molar-refractivity contribution >= 4 is 35.8 Å². The minimum atomic E-state index is -0.458. The molecule has 2 unspecified atom stereocenters. The Balaban J connectivity index is 0.000000178. The van der Waals surface area contributed by atoms with Gasteiger partial charge in [-0.05, 0) is 36.1 Å². The van der Waals surface area contributed by atoms with Crippen molar-refractivity contribution in [1.82, 2.24) is 30.0 Å². The number of aldehydes is 2. The summed E-state index contributed by atoms with van der Waals surface area (Å²) in [6, 6.07) is 7.20. The van der Waals surface area contributed by atoms with Crippen LogP contribution in [0.3, 0.4) is 0 Å². The smallest absolute Gasteiger partial charge is 0.314 e. The fraction of sp³-hybridized carbons (Fsp3) is 0.393. The van der Waals surface area contributed by atoms with Crippen LogP contribution in [-0.4, -0.2) is 85.6 Å². The zero-order valence-corrected chi connectivity index (χ0v) is 25.5. The molecule has 2 atom stereocenters. The number of pyridine rings is 2. The lowest BCUT2D eigenvalue weighted by atomic mass is 10.2.